The molecule has 0 aromatic carbocycles. The van der Waals surface area contributed by atoms with Crippen LogP contribution in [0, 0.1) is 6.92 Å². The van der Waals surface area contributed by atoms with Crippen molar-refractivity contribution in [1.82, 2.24) is 24.3 Å². The van der Waals surface area contributed by atoms with Crippen LogP contribution in [0.4, 0.5) is 0 Å². The Balaban J connectivity index is 1.70. The second kappa shape index (κ2) is 6.60. The van der Waals surface area contributed by atoms with Gasteiger partial charge >= 0.3 is 0 Å². The Morgan fingerprint density at radius 3 is 2.85 bits per heavy atom. The van der Waals surface area contributed by atoms with E-state index in [1.807, 2.05) is 16.8 Å². The Labute approximate surface area is 155 Å². The lowest BCUT2D eigenvalue weighted by Crippen LogP contribution is -2.38. The second-order valence-electron chi connectivity index (χ2n) is 6.30. The van der Waals surface area contributed by atoms with Crippen molar-refractivity contribution in [3.63, 3.8) is 0 Å². The summed E-state index contributed by atoms with van der Waals surface area (Å²) in [7, 11) is -1.96. The van der Waals surface area contributed by atoms with Crippen LogP contribution >= 0.6 is 11.3 Å². The van der Waals surface area contributed by atoms with E-state index in [2.05, 4.69) is 15.3 Å². The van der Waals surface area contributed by atoms with Crippen LogP contribution in [0.5, 0.6) is 0 Å². The third-order valence-corrected chi connectivity index (χ3v) is 7.42. The van der Waals surface area contributed by atoms with E-state index in [0.29, 0.717) is 30.4 Å². The predicted octanol–water partition coefficient (Wildman–Crippen LogP) is 2.76. The summed E-state index contributed by atoms with van der Waals surface area (Å²) in [5.41, 5.74) is 1.46. The first kappa shape index (κ1) is 17.4. The summed E-state index contributed by atoms with van der Waals surface area (Å²) in [6, 6.07) is 1.45. The lowest BCUT2D eigenvalue weighted by molar-refractivity contribution is 0.220. The van der Waals surface area contributed by atoms with Gasteiger partial charge in [0, 0.05) is 24.5 Å². The number of thiophene rings is 1. The summed E-state index contributed by atoms with van der Waals surface area (Å²) in [6.45, 7) is 2.18. The quantitative estimate of drug-likeness (QED) is 0.676. The van der Waals surface area contributed by atoms with Gasteiger partial charge < -0.3 is 4.42 Å². The molecule has 1 saturated heterocycles. The number of piperidine rings is 1. The summed E-state index contributed by atoms with van der Waals surface area (Å²) in [4.78, 5) is 0.226. The number of rotatable bonds is 4. The zero-order valence-electron chi connectivity index (χ0n) is 14.5. The van der Waals surface area contributed by atoms with Gasteiger partial charge in [-0.3, -0.25) is 4.68 Å². The fraction of sp³-hybridized carbons (Fsp3) is 0.438. The number of nitrogens with zero attached hydrogens (tertiary/aromatic N) is 5. The highest BCUT2D eigenvalue weighted by molar-refractivity contribution is 7.89. The number of aromatic nitrogens is 4. The van der Waals surface area contributed by atoms with Crippen molar-refractivity contribution in [2.45, 2.75) is 37.1 Å². The van der Waals surface area contributed by atoms with Gasteiger partial charge in [-0.25, -0.2) is 8.42 Å². The van der Waals surface area contributed by atoms with E-state index in [1.54, 1.807) is 30.0 Å². The third-order valence-electron chi connectivity index (χ3n) is 4.72. The fourth-order valence-corrected chi connectivity index (χ4v) is 5.64. The molecule has 1 aliphatic heterocycles. The molecule has 4 heterocycles. The lowest BCUT2D eigenvalue weighted by atomic mass is 10.1. The first-order chi connectivity index (χ1) is 12.5. The van der Waals surface area contributed by atoms with Crippen molar-refractivity contribution in [3.05, 3.63) is 34.6 Å². The van der Waals surface area contributed by atoms with Crippen LogP contribution in [0.25, 0.3) is 11.5 Å². The maximum absolute atomic E-state index is 13.2. The number of hydrogen-bond acceptors (Lipinski definition) is 7. The van der Waals surface area contributed by atoms with E-state index in [1.165, 1.54) is 10.5 Å². The smallest absolute Gasteiger partial charge is 0.248 e. The summed E-state index contributed by atoms with van der Waals surface area (Å²) < 4.78 is 35.3. The molecule has 1 atom stereocenters. The average molecular weight is 393 g/mol. The van der Waals surface area contributed by atoms with Crippen LogP contribution < -0.4 is 0 Å². The zero-order valence-corrected chi connectivity index (χ0v) is 16.1. The molecule has 3 aromatic rings. The summed E-state index contributed by atoms with van der Waals surface area (Å²) in [5.74, 6) is 0.762. The van der Waals surface area contributed by atoms with Gasteiger partial charge in [0.2, 0.25) is 21.8 Å². The summed E-state index contributed by atoms with van der Waals surface area (Å²) in [5, 5.41) is 16.2. The van der Waals surface area contributed by atoms with Gasteiger partial charge in [-0.2, -0.15) is 20.7 Å². The van der Waals surface area contributed by atoms with Crippen molar-refractivity contribution in [2.24, 2.45) is 7.05 Å². The van der Waals surface area contributed by atoms with Crippen LogP contribution in [-0.2, 0) is 17.1 Å². The molecule has 0 unspecified atom stereocenters. The highest BCUT2D eigenvalue weighted by Gasteiger charge is 2.39. The maximum Gasteiger partial charge on any atom is 0.248 e. The zero-order chi connectivity index (χ0) is 18.3. The van der Waals surface area contributed by atoms with Crippen molar-refractivity contribution in [2.75, 3.05) is 6.54 Å². The third kappa shape index (κ3) is 2.87. The maximum atomic E-state index is 13.2. The molecule has 0 radical (unpaired) electrons. The molecule has 8 nitrogen and oxygen atoms in total. The van der Waals surface area contributed by atoms with Gasteiger partial charge in [0.15, 0.2) is 0 Å². The number of aryl methyl sites for hydroxylation is 1. The highest BCUT2D eigenvalue weighted by Crippen LogP contribution is 2.36. The highest BCUT2D eigenvalue weighted by atomic mass is 32.2. The summed E-state index contributed by atoms with van der Waals surface area (Å²) in [6.07, 6.45) is 3.78. The fourth-order valence-electron chi connectivity index (χ4n) is 3.17. The molecule has 0 saturated carbocycles. The topological polar surface area (TPSA) is 94.1 Å². The molecular formula is C16H19N5O3S2. The molecule has 10 heteroatoms. The molecule has 138 valence electrons. The van der Waals surface area contributed by atoms with Gasteiger partial charge in [0.1, 0.15) is 10.9 Å². The van der Waals surface area contributed by atoms with Gasteiger partial charge in [0.05, 0.1) is 11.9 Å². The van der Waals surface area contributed by atoms with Crippen LogP contribution in [0.15, 0.2) is 32.3 Å². The Morgan fingerprint density at radius 2 is 2.15 bits per heavy atom. The minimum absolute atomic E-state index is 0.226. The van der Waals surface area contributed by atoms with Gasteiger partial charge in [-0.15, -0.1) is 10.2 Å². The molecule has 0 bridgehead atoms. The summed E-state index contributed by atoms with van der Waals surface area (Å²) >= 11 is 1.54. The van der Waals surface area contributed by atoms with E-state index in [0.717, 1.165) is 18.4 Å². The lowest BCUT2D eigenvalue weighted by Gasteiger charge is -2.32. The Morgan fingerprint density at radius 1 is 1.31 bits per heavy atom. The molecule has 0 amide bonds. The van der Waals surface area contributed by atoms with Gasteiger partial charge in [0.25, 0.3) is 0 Å². The Bertz CT molecular complexity index is 1010. The standard InChI is InChI=1S/C16H19N5O3S2/c1-11-14(9-17-20(11)2)26(22,23)21-7-4-3-5-13(21)16-19-18-15(24-16)12-6-8-25-10-12/h6,8-10,13H,3-5,7H2,1-2H3/t13-/m0/s1. The van der Waals surface area contributed by atoms with Crippen LogP contribution in [0.1, 0.15) is 36.9 Å². The largest absolute Gasteiger partial charge is 0.419 e. The van der Waals surface area contributed by atoms with E-state index >= 15 is 0 Å². The van der Waals surface area contributed by atoms with E-state index in [4.69, 9.17) is 4.42 Å². The molecule has 3 aromatic heterocycles. The number of sulfonamides is 1. The molecule has 26 heavy (non-hydrogen) atoms. The first-order valence-electron chi connectivity index (χ1n) is 8.35. The van der Waals surface area contributed by atoms with Gasteiger partial charge in [-0.05, 0) is 31.2 Å². The minimum Gasteiger partial charge on any atom is -0.419 e. The van der Waals surface area contributed by atoms with Crippen molar-refractivity contribution < 1.29 is 12.8 Å². The SMILES string of the molecule is Cc1c(S(=O)(=O)N2CCCC[C@H]2c2nnc(-c3ccsc3)o2)cnn1C. The van der Waals surface area contributed by atoms with Crippen molar-refractivity contribution >= 4 is 21.4 Å². The molecule has 0 spiro atoms. The number of hydrogen-bond donors (Lipinski definition) is 0. The van der Waals surface area contributed by atoms with Crippen LogP contribution in [0.2, 0.25) is 0 Å². The molecule has 0 aliphatic carbocycles. The van der Waals surface area contributed by atoms with Crippen molar-refractivity contribution in [3.8, 4) is 11.5 Å². The molecule has 1 fully saturated rings. The first-order valence-corrected chi connectivity index (χ1v) is 10.7. The average Bonchev–Trinajstić information content (AvgIpc) is 3.37. The normalized spacial score (nSPS) is 19.1. The molecular weight excluding hydrogens is 374 g/mol. The Hall–Kier alpha value is -2.04. The Kier molecular flexibility index (Phi) is 4.41. The van der Waals surface area contributed by atoms with Gasteiger partial charge in [-0.1, -0.05) is 6.42 Å². The van der Waals surface area contributed by atoms with Crippen molar-refractivity contribution in [1.29, 1.82) is 0 Å². The minimum atomic E-state index is -3.69. The predicted molar refractivity (Wildman–Crippen MR) is 96.0 cm³/mol. The monoisotopic (exact) mass is 393 g/mol. The molecule has 4 rings (SSSR count). The molecule has 1 aliphatic rings. The van der Waals surface area contributed by atoms with E-state index in [9.17, 15) is 8.42 Å². The van der Waals surface area contributed by atoms with Crippen LogP contribution in [-0.4, -0.2) is 39.2 Å². The van der Waals surface area contributed by atoms with E-state index in [-0.39, 0.29) is 4.90 Å². The van der Waals surface area contributed by atoms with E-state index < -0.39 is 16.1 Å². The van der Waals surface area contributed by atoms with Crippen LogP contribution in [0.3, 0.4) is 0 Å². The second-order valence-corrected chi connectivity index (χ2v) is 8.94. The molecule has 0 N–H and O–H groups in total.